The minimum Gasteiger partial charge on any atom is -0.351 e. The smallest absolute Gasteiger partial charge is 0.351 e. The summed E-state index contributed by atoms with van der Waals surface area (Å²) in [6, 6.07) is 5.10. The highest BCUT2D eigenvalue weighted by molar-refractivity contribution is 7.88. The number of halogens is 4. The molecule has 1 fully saturated rings. The Labute approximate surface area is 226 Å². The molecule has 0 atom stereocenters. The molecule has 0 amide bonds. The van der Waals surface area contributed by atoms with Crippen LogP contribution in [0.4, 0.5) is 19.1 Å². The Balaban J connectivity index is 1.39. The zero-order chi connectivity index (χ0) is 27.8. The molecule has 206 valence electrons. The summed E-state index contributed by atoms with van der Waals surface area (Å²) in [4.78, 5) is 16.1. The monoisotopic (exact) mass is 581 g/mol. The summed E-state index contributed by atoms with van der Waals surface area (Å²) in [7, 11) is -3.30. The van der Waals surface area contributed by atoms with E-state index in [1.807, 2.05) is 6.07 Å². The summed E-state index contributed by atoms with van der Waals surface area (Å²) in [6.07, 6.45) is 3.87. The van der Waals surface area contributed by atoms with Crippen molar-refractivity contribution in [3.8, 4) is 17.1 Å². The van der Waals surface area contributed by atoms with Crippen molar-refractivity contribution >= 4 is 27.6 Å². The maximum Gasteiger partial charge on any atom is 0.420 e. The number of benzene rings is 1. The molecule has 1 N–H and O–H groups in total. The average Bonchev–Trinajstić information content (AvgIpc) is 3.56. The molecule has 5 rings (SSSR count). The third-order valence-electron chi connectivity index (χ3n) is 6.28. The van der Waals surface area contributed by atoms with Gasteiger partial charge in [-0.3, -0.25) is 0 Å². The Hall–Kier alpha value is -3.56. The van der Waals surface area contributed by atoms with Gasteiger partial charge in [0.2, 0.25) is 16.0 Å². The number of alkyl halides is 3. The maximum atomic E-state index is 13.8. The van der Waals surface area contributed by atoms with Gasteiger partial charge in [-0.1, -0.05) is 17.7 Å². The van der Waals surface area contributed by atoms with Crippen molar-refractivity contribution in [2.24, 2.45) is 0 Å². The predicted octanol–water partition coefficient (Wildman–Crippen LogP) is 3.48. The van der Waals surface area contributed by atoms with Crippen molar-refractivity contribution in [3.63, 3.8) is 0 Å². The fourth-order valence-electron chi connectivity index (χ4n) is 4.30. The first-order valence-corrected chi connectivity index (χ1v) is 14.0. The molecule has 0 bridgehead atoms. The van der Waals surface area contributed by atoms with Crippen molar-refractivity contribution in [3.05, 3.63) is 65.7 Å². The Bertz CT molecular complexity index is 1570. The van der Waals surface area contributed by atoms with Crippen molar-refractivity contribution < 1.29 is 21.6 Å². The molecular formula is C23H23ClF3N9O2S. The Morgan fingerprint density at radius 3 is 2.56 bits per heavy atom. The first-order chi connectivity index (χ1) is 18.5. The second kappa shape index (κ2) is 10.5. The van der Waals surface area contributed by atoms with E-state index in [-0.39, 0.29) is 23.4 Å². The molecule has 16 heteroatoms. The first-order valence-electron chi connectivity index (χ1n) is 11.8. The molecule has 1 aliphatic heterocycles. The number of aromatic nitrogens is 7. The molecule has 0 spiro atoms. The van der Waals surface area contributed by atoms with Gasteiger partial charge in [-0.2, -0.15) is 18.3 Å². The van der Waals surface area contributed by atoms with Crippen LogP contribution in [0.15, 0.2) is 49.6 Å². The molecule has 4 aromatic rings. The number of nitrogens with one attached hydrogen (secondary N) is 1. The highest BCUT2D eigenvalue weighted by Gasteiger charge is 2.36. The van der Waals surface area contributed by atoms with E-state index in [9.17, 15) is 21.6 Å². The third kappa shape index (κ3) is 6.20. The second-order valence-corrected chi connectivity index (χ2v) is 11.5. The van der Waals surface area contributed by atoms with Crippen LogP contribution < -0.4 is 5.32 Å². The van der Waals surface area contributed by atoms with Crippen LogP contribution in [-0.2, 0) is 22.7 Å². The fraction of sp³-hybridized carbons (Fsp3) is 0.348. The summed E-state index contributed by atoms with van der Waals surface area (Å²) in [5.41, 5.74) is -0.0349. The van der Waals surface area contributed by atoms with Crippen LogP contribution in [0.5, 0.6) is 0 Å². The van der Waals surface area contributed by atoms with Crippen LogP contribution in [0.25, 0.3) is 17.1 Å². The Morgan fingerprint density at radius 2 is 1.92 bits per heavy atom. The zero-order valence-electron chi connectivity index (χ0n) is 20.5. The van der Waals surface area contributed by atoms with Gasteiger partial charge in [0.1, 0.15) is 35.9 Å². The molecule has 11 nitrogen and oxygen atoms in total. The molecule has 1 aromatic carbocycles. The molecule has 3 aromatic heterocycles. The van der Waals surface area contributed by atoms with Gasteiger partial charge in [0.05, 0.1) is 23.5 Å². The molecule has 0 aliphatic carbocycles. The molecule has 1 saturated heterocycles. The van der Waals surface area contributed by atoms with Crippen LogP contribution >= 0.6 is 11.6 Å². The molecule has 4 heterocycles. The van der Waals surface area contributed by atoms with Crippen LogP contribution in [0.1, 0.15) is 24.0 Å². The largest absolute Gasteiger partial charge is 0.420 e. The van der Waals surface area contributed by atoms with Gasteiger partial charge in [0.25, 0.3) is 0 Å². The summed E-state index contributed by atoms with van der Waals surface area (Å²) < 4.78 is 69.5. The quantitative estimate of drug-likeness (QED) is 0.352. The number of imidazole rings is 1. The van der Waals surface area contributed by atoms with Gasteiger partial charge in [-0.05, 0) is 30.5 Å². The lowest BCUT2D eigenvalue weighted by Gasteiger charge is -2.30. The number of hydrogen-bond acceptors (Lipinski definition) is 8. The molecule has 39 heavy (non-hydrogen) atoms. The maximum absolute atomic E-state index is 13.8. The van der Waals surface area contributed by atoms with E-state index < -0.39 is 21.8 Å². The lowest BCUT2D eigenvalue weighted by Crippen LogP contribution is -2.42. The van der Waals surface area contributed by atoms with Gasteiger partial charge >= 0.3 is 6.18 Å². The highest BCUT2D eigenvalue weighted by atomic mass is 35.5. The van der Waals surface area contributed by atoms with E-state index >= 15 is 0 Å². The van der Waals surface area contributed by atoms with Crippen molar-refractivity contribution in [1.82, 2.24) is 38.6 Å². The van der Waals surface area contributed by atoms with E-state index in [0.29, 0.717) is 43.2 Å². The number of sulfonamides is 1. The van der Waals surface area contributed by atoms with Crippen molar-refractivity contribution in [2.45, 2.75) is 31.6 Å². The molecule has 0 saturated carbocycles. The van der Waals surface area contributed by atoms with E-state index in [1.165, 1.54) is 27.7 Å². The molecule has 0 unspecified atom stereocenters. The van der Waals surface area contributed by atoms with Crippen LogP contribution in [0.2, 0.25) is 5.02 Å². The molecule has 0 radical (unpaired) electrons. The minimum absolute atomic E-state index is 0.000789. The van der Waals surface area contributed by atoms with E-state index in [0.717, 1.165) is 18.0 Å². The normalized spacial score (nSPS) is 15.5. The average molecular weight is 582 g/mol. The number of nitrogens with zero attached hydrogens (tertiary/aromatic N) is 8. The van der Waals surface area contributed by atoms with Gasteiger partial charge in [0, 0.05) is 31.5 Å². The summed E-state index contributed by atoms with van der Waals surface area (Å²) in [5.74, 6) is 0.000789. The summed E-state index contributed by atoms with van der Waals surface area (Å²) in [5, 5.41) is 7.46. The van der Waals surface area contributed by atoms with Gasteiger partial charge < -0.3 is 9.88 Å². The van der Waals surface area contributed by atoms with E-state index in [2.05, 4.69) is 30.4 Å². The lowest BCUT2D eigenvalue weighted by atomic mass is 10.1. The third-order valence-corrected chi connectivity index (χ3v) is 7.88. The number of hydrogen-bond donors (Lipinski definition) is 1. The zero-order valence-corrected chi connectivity index (χ0v) is 22.1. The summed E-state index contributed by atoms with van der Waals surface area (Å²) in [6.45, 7) is 1.05. The lowest BCUT2D eigenvalue weighted by molar-refractivity contribution is -0.137. The number of rotatable bonds is 7. The molecular weight excluding hydrogens is 559 g/mol. The Kier molecular flexibility index (Phi) is 7.31. The number of anilines is 1. The topological polar surface area (TPSA) is 124 Å². The minimum atomic E-state index is -4.71. The Morgan fingerprint density at radius 1 is 1.15 bits per heavy atom. The first kappa shape index (κ1) is 27.0. The standard InChI is InChI=1S/C23H23ClF3N9O2S/c1-39(37,38)36-6-4-16(5-7-36)32-22-29-9-17(23(25,26)27)21(33-22)19-11-34(14-30-19)20-3-2-15(8-18(20)24)10-35-13-28-12-31-35/h2-3,8-9,11-14,16H,4-7,10H2,1H3,(H,29,32,33). The van der Waals surface area contributed by atoms with Crippen molar-refractivity contribution in [1.29, 1.82) is 0 Å². The predicted molar refractivity (Wildman–Crippen MR) is 137 cm³/mol. The van der Waals surface area contributed by atoms with E-state index in [4.69, 9.17) is 11.6 Å². The van der Waals surface area contributed by atoms with Crippen LogP contribution in [0, 0.1) is 0 Å². The fourth-order valence-corrected chi connectivity index (χ4v) is 5.48. The van der Waals surface area contributed by atoms with Crippen LogP contribution in [0.3, 0.4) is 0 Å². The summed E-state index contributed by atoms with van der Waals surface area (Å²) >= 11 is 6.48. The van der Waals surface area contributed by atoms with E-state index in [1.54, 1.807) is 23.1 Å². The SMILES string of the molecule is CS(=O)(=O)N1CCC(Nc2ncc(C(F)(F)F)c(-c3cn(-c4ccc(Cn5cncn5)cc4Cl)cn3)n2)CC1. The van der Waals surface area contributed by atoms with Gasteiger partial charge in [0.15, 0.2) is 0 Å². The van der Waals surface area contributed by atoms with Crippen LogP contribution in [-0.4, -0.2) is 72.4 Å². The second-order valence-electron chi connectivity index (χ2n) is 9.08. The van der Waals surface area contributed by atoms with Gasteiger partial charge in [-0.15, -0.1) is 0 Å². The number of piperidine rings is 1. The van der Waals surface area contributed by atoms with Crippen molar-refractivity contribution in [2.75, 3.05) is 24.7 Å². The molecule has 1 aliphatic rings. The highest BCUT2D eigenvalue weighted by Crippen LogP contribution is 2.36. The van der Waals surface area contributed by atoms with Gasteiger partial charge in [-0.25, -0.2) is 37.3 Å².